The van der Waals surface area contributed by atoms with Crippen molar-refractivity contribution in [1.82, 2.24) is 14.9 Å². The molecular weight excluding hydrogens is 422 g/mol. The molecule has 154 valence electrons. The van der Waals surface area contributed by atoms with Gasteiger partial charge in [0.2, 0.25) is 15.2 Å². The van der Waals surface area contributed by atoms with Gasteiger partial charge in [-0.25, -0.2) is 13.1 Å². The Kier molecular flexibility index (Phi) is 7.37. The lowest BCUT2D eigenvalue weighted by molar-refractivity contribution is -0.388. The monoisotopic (exact) mass is 445 g/mol. The Labute approximate surface area is 172 Å². The predicted octanol–water partition coefficient (Wildman–Crippen LogP) is 3.89. The molecule has 0 unspecified atom stereocenters. The number of aromatic nitrogens is 2. The standard InChI is InChI=1S/C16H23N5O4S3/c1-5-6-9-17-14-18-19-15(27-14)26-13-8-7-11(10-12(13)21(22)23)28(24,25)20-16(2,3)4/h7-8,10,20H,5-6,9H2,1-4H3,(H,17,18). The van der Waals surface area contributed by atoms with Crippen LogP contribution in [0.1, 0.15) is 40.5 Å². The maximum atomic E-state index is 12.5. The molecule has 2 N–H and O–H groups in total. The number of nitro groups is 1. The molecule has 0 saturated carbocycles. The quantitative estimate of drug-likeness (QED) is 0.338. The third-order valence-electron chi connectivity index (χ3n) is 3.29. The van der Waals surface area contributed by atoms with E-state index in [1.807, 2.05) is 0 Å². The molecule has 2 aromatic rings. The first-order valence-electron chi connectivity index (χ1n) is 8.59. The molecule has 0 bridgehead atoms. The molecule has 0 aliphatic rings. The van der Waals surface area contributed by atoms with Gasteiger partial charge in [0.1, 0.15) is 0 Å². The number of hydrogen-bond acceptors (Lipinski definition) is 9. The molecular formula is C16H23N5O4S3. The fourth-order valence-electron chi connectivity index (χ4n) is 2.14. The second-order valence-electron chi connectivity index (χ2n) is 7.00. The number of sulfonamides is 1. The first-order chi connectivity index (χ1) is 13.0. The van der Waals surface area contributed by atoms with Crippen LogP contribution in [-0.4, -0.2) is 35.6 Å². The average molecular weight is 446 g/mol. The molecule has 2 rings (SSSR count). The van der Waals surface area contributed by atoms with Crippen LogP contribution in [0.25, 0.3) is 0 Å². The first kappa shape index (κ1) is 22.5. The maximum absolute atomic E-state index is 12.5. The van der Waals surface area contributed by atoms with Gasteiger partial charge in [0.25, 0.3) is 5.69 Å². The van der Waals surface area contributed by atoms with Crippen LogP contribution in [0.2, 0.25) is 0 Å². The number of hydrogen-bond donors (Lipinski definition) is 2. The van der Waals surface area contributed by atoms with Gasteiger partial charge in [-0.3, -0.25) is 10.1 Å². The Balaban J connectivity index is 2.25. The van der Waals surface area contributed by atoms with Gasteiger partial charge < -0.3 is 5.32 Å². The van der Waals surface area contributed by atoms with Crippen molar-refractivity contribution in [1.29, 1.82) is 0 Å². The van der Waals surface area contributed by atoms with Crippen molar-refractivity contribution in [3.63, 3.8) is 0 Å². The largest absolute Gasteiger partial charge is 0.360 e. The molecule has 1 aromatic heterocycles. The minimum absolute atomic E-state index is 0.155. The summed E-state index contributed by atoms with van der Waals surface area (Å²) in [6, 6.07) is 3.84. The third kappa shape index (κ3) is 6.40. The summed E-state index contributed by atoms with van der Waals surface area (Å²) in [6.45, 7) is 7.96. The van der Waals surface area contributed by atoms with Crippen molar-refractivity contribution < 1.29 is 13.3 Å². The van der Waals surface area contributed by atoms with Crippen LogP contribution in [-0.2, 0) is 10.0 Å². The van der Waals surface area contributed by atoms with Crippen molar-refractivity contribution in [3.05, 3.63) is 28.3 Å². The Bertz CT molecular complexity index is 938. The number of nitro benzene ring substituents is 1. The average Bonchev–Trinajstić information content (AvgIpc) is 3.00. The van der Waals surface area contributed by atoms with Gasteiger partial charge in [0, 0.05) is 18.2 Å². The molecule has 0 fully saturated rings. The Morgan fingerprint density at radius 2 is 2.00 bits per heavy atom. The summed E-state index contributed by atoms with van der Waals surface area (Å²) in [5, 5.41) is 23.3. The molecule has 0 aliphatic carbocycles. The Hall–Kier alpha value is -1.76. The number of nitrogens with zero attached hydrogens (tertiary/aromatic N) is 3. The zero-order valence-corrected chi connectivity index (χ0v) is 18.5. The molecule has 1 aromatic carbocycles. The van der Waals surface area contributed by atoms with E-state index in [-0.39, 0.29) is 10.6 Å². The molecule has 0 amide bonds. The summed E-state index contributed by atoms with van der Waals surface area (Å²) in [5.41, 5.74) is -0.994. The van der Waals surface area contributed by atoms with Crippen LogP contribution in [0.5, 0.6) is 0 Å². The molecule has 0 saturated heterocycles. The highest BCUT2D eigenvalue weighted by Gasteiger charge is 2.26. The van der Waals surface area contributed by atoms with E-state index < -0.39 is 20.5 Å². The van der Waals surface area contributed by atoms with E-state index in [9.17, 15) is 18.5 Å². The zero-order chi connectivity index (χ0) is 20.9. The van der Waals surface area contributed by atoms with Gasteiger partial charge in [-0.2, -0.15) is 0 Å². The van der Waals surface area contributed by atoms with Crippen LogP contribution < -0.4 is 10.0 Å². The van der Waals surface area contributed by atoms with Crippen molar-refractivity contribution in [2.24, 2.45) is 0 Å². The van der Waals surface area contributed by atoms with Gasteiger partial charge in [-0.15, -0.1) is 10.2 Å². The summed E-state index contributed by atoms with van der Waals surface area (Å²) in [6.07, 6.45) is 2.06. The smallest absolute Gasteiger partial charge is 0.284 e. The summed E-state index contributed by atoms with van der Waals surface area (Å²) in [5.74, 6) is 0. The normalized spacial score (nSPS) is 12.1. The van der Waals surface area contributed by atoms with Crippen LogP contribution >= 0.6 is 23.1 Å². The number of unbranched alkanes of at least 4 members (excludes halogenated alkanes) is 1. The Morgan fingerprint density at radius 3 is 2.61 bits per heavy atom. The lowest BCUT2D eigenvalue weighted by Gasteiger charge is -2.20. The molecule has 28 heavy (non-hydrogen) atoms. The highest BCUT2D eigenvalue weighted by molar-refractivity contribution is 8.01. The van der Waals surface area contributed by atoms with E-state index in [0.29, 0.717) is 14.4 Å². The van der Waals surface area contributed by atoms with Crippen molar-refractivity contribution >= 4 is 43.9 Å². The van der Waals surface area contributed by atoms with Crippen molar-refractivity contribution in [2.45, 2.75) is 60.2 Å². The summed E-state index contributed by atoms with van der Waals surface area (Å²) in [4.78, 5) is 11.0. The first-order valence-corrected chi connectivity index (χ1v) is 11.7. The summed E-state index contributed by atoms with van der Waals surface area (Å²) in [7, 11) is -3.87. The molecule has 0 radical (unpaired) electrons. The molecule has 12 heteroatoms. The van der Waals surface area contributed by atoms with E-state index in [2.05, 4.69) is 27.2 Å². The fraction of sp³-hybridized carbons (Fsp3) is 0.500. The van der Waals surface area contributed by atoms with E-state index in [0.717, 1.165) is 37.2 Å². The van der Waals surface area contributed by atoms with Gasteiger partial charge in [-0.05, 0) is 51.1 Å². The number of rotatable bonds is 9. The molecule has 9 nitrogen and oxygen atoms in total. The van der Waals surface area contributed by atoms with Crippen molar-refractivity contribution in [3.8, 4) is 0 Å². The van der Waals surface area contributed by atoms with Crippen LogP contribution in [0.4, 0.5) is 10.8 Å². The van der Waals surface area contributed by atoms with Gasteiger partial charge in [0.05, 0.1) is 14.7 Å². The van der Waals surface area contributed by atoms with Crippen LogP contribution in [0.15, 0.2) is 32.3 Å². The summed E-state index contributed by atoms with van der Waals surface area (Å²) >= 11 is 2.38. The van der Waals surface area contributed by atoms with Crippen molar-refractivity contribution in [2.75, 3.05) is 11.9 Å². The second kappa shape index (κ2) is 9.16. The maximum Gasteiger partial charge on any atom is 0.284 e. The second-order valence-corrected chi connectivity index (χ2v) is 10.9. The highest BCUT2D eigenvalue weighted by Crippen LogP contribution is 2.38. The van der Waals surface area contributed by atoms with Crippen LogP contribution in [0.3, 0.4) is 0 Å². The van der Waals surface area contributed by atoms with E-state index in [4.69, 9.17) is 0 Å². The molecule has 0 aliphatic heterocycles. The predicted molar refractivity (Wildman–Crippen MR) is 111 cm³/mol. The van der Waals surface area contributed by atoms with Gasteiger partial charge in [-0.1, -0.05) is 24.7 Å². The molecule has 1 heterocycles. The lowest BCUT2D eigenvalue weighted by Crippen LogP contribution is -2.40. The molecule has 0 spiro atoms. The lowest BCUT2D eigenvalue weighted by atomic mass is 10.1. The Morgan fingerprint density at radius 1 is 1.29 bits per heavy atom. The topological polar surface area (TPSA) is 127 Å². The molecule has 0 atom stereocenters. The highest BCUT2D eigenvalue weighted by atomic mass is 32.2. The van der Waals surface area contributed by atoms with E-state index >= 15 is 0 Å². The number of benzene rings is 1. The zero-order valence-electron chi connectivity index (χ0n) is 16.1. The third-order valence-corrected chi connectivity index (χ3v) is 7.04. The number of anilines is 1. The van der Waals surface area contributed by atoms with Gasteiger partial charge >= 0.3 is 0 Å². The fourth-order valence-corrected chi connectivity index (χ4v) is 5.40. The SMILES string of the molecule is CCCCNc1nnc(Sc2ccc(S(=O)(=O)NC(C)(C)C)cc2[N+](=O)[O-])s1. The van der Waals surface area contributed by atoms with Crippen LogP contribution in [0, 0.1) is 10.1 Å². The minimum Gasteiger partial charge on any atom is -0.360 e. The summed E-state index contributed by atoms with van der Waals surface area (Å²) < 4.78 is 27.9. The minimum atomic E-state index is -3.87. The number of nitrogens with one attached hydrogen (secondary N) is 2. The van der Waals surface area contributed by atoms with Gasteiger partial charge in [0.15, 0.2) is 4.34 Å². The van der Waals surface area contributed by atoms with E-state index in [1.165, 1.54) is 23.5 Å². The van der Waals surface area contributed by atoms with E-state index in [1.54, 1.807) is 20.8 Å².